The molecule has 0 unspecified atom stereocenters. The largest absolute Gasteiger partial charge is 0.326 e. The fourth-order valence-electron chi connectivity index (χ4n) is 4.22. The lowest BCUT2D eigenvalue weighted by Crippen LogP contribution is -2.43. The molecule has 5 nitrogen and oxygen atoms in total. The van der Waals surface area contributed by atoms with Gasteiger partial charge in [0.05, 0.1) is 6.54 Å². The molecule has 2 aromatic carbocycles. The first kappa shape index (κ1) is 18.7. The summed E-state index contributed by atoms with van der Waals surface area (Å²) in [4.78, 5) is 24.4. The summed E-state index contributed by atoms with van der Waals surface area (Å²) in [6, 6.07) is 12.0. The molecule has 0 saturated heterocycles. The molecule has 28 heavy (non-hydrogen) atoms. The molecule has 1 aliphatic carbocycles. The van der Waals surface area contributed by atoms with Crippen molar-refractivity contribution >= 4 is 17.5 Å². The van der Waals surface area contributed by atoms with Crippen molar-refractivity contribution in [2.75, 3.05) is 18.9 Å². The van der Waals surface area contributed by atoms with E-state index in [4.69, 9.17) is 0 Å². The topological polar surface area (TPSA) is 52.7 Å². The van der Waals surface area contributed by atoms with Crippen molar-refractivity contribution in [2.24, 2.45) is 5.92 Å². The number of carbonyl (C=O) groups is 2. The van der Waals surface area contributed by atoms with Crippen molar-refractivity contribution in [2.45, 2.75) is 39.7 Å². The molecule has 0 radical (unpaired) electrons. The minimum absolute atomic E-state index is 0.0852. The van der Waals surface area contributed by atoms with Crippen LogP contribution in [0, 0.1) is 12.8 Å². The van der Waals surface area contributed by atoms with Gasteiger partial charge in [0.2, 0.25) is 5.91 Å². The van der Waals surface area contributed by atoms with Gasteiger partial charge in [-0.1, -0.05) is 24.6 Å². The molecular weight excluding hydrogens is 350 g/mol. The summed E-state index contributed by atoms with van der Waals surface area (Å²) in [5.74, 6) is 0.737. The van der Waals surface area contributed by atoms with Crippen LogP contribution in [0.5, 0.6) is 0 Å². The number of hydrogen-bond acceptors (Lipinski definition) is 3. The molecule has 1 saturated carbocycles. The van der Waals surface area contributed by atoms with Crippen LogP contribution in [0.2, 0.25) is 0 Å². The van der Waals surface area contributed by atoms with E-state index in [9.17, 15) is 9.59 Å². The first-order valence-electron chi connectivity index (χ1n) is 9.97. The van der Waals surface area contributed by atoms with Crippen LogP contribution in [-0.2, 0) is 11.3 Å². The maximum atomic E-state index is 13.0. The van der Waals surface area contributed by atoms with Crippen LogP contribution in [0.3, 0.4) is 0 Å². The van der Waals surface area contributed by atoms with Crippen molar-refractivity contribution in [3.05, 3.63) is 53.1 Å². The highest BCUT2D eigenvalue weighted by molar-refractivity contribution is 6.00. The van der Waals surface area contributed by atoms with E-state index in [2.05, 4.69) is 22.5 Å². The van der Waals surface area contributed by atoms with Gasteiger partial charge in [-0.2, -0.15) is 0 Å². The zero-order valence-corrected chi connectivity index (χ0v) is 16.8. The SMILES string of the molecule is CC(=O)Nc1cccc(-c2cc(C)c3c(c2)CN(N(C)CC2CCC2)C3=O)c1. The minimum atomic E-state index is -0.0852. The van der Waals surface area contributed by atoms with E-state index in [0.717, 1.165) is 46.0 Å². The molecule has 2 amide bonds. The van der Waals surface area contributed by atoms with Crippen LogP contribution >= 0.6 is 0 Å². The molecule has 0 bridgehead atoms. The molecule has 4 rings (SSSR count). The number of anilines is 1. The predicted octanol–water partition coefficient (Wildman–Crippen LogP) is 4.22. The Bertz CT molecular complexity index is 933. The quantitative estimate of drug-likeness (QED) is 0.849. The average molecular weight is 377 g/mol. The van der Waals surface area contributed by atoms with E-state index < -0.39 is 0 Å². The van der Waals surface area contributed by atoms with Gasteiger partial charge < -0.3 is 5.32 Å². The van der Waals surface area contributed by atoms with Crippen molar-refractivity contribution in [3.63, 3.8) is 0 Å². The number of amides is 2. The number of benzene rings is 2. The smallest absolute Gasteiger partial charge is 0.269 e. The lowest BCUT2D eigenvalue weighted by Gasteiger charge is -2.34. The van der Waals surface area contributed by atoms with Crippen LogP contribution in [0.1, 0.15) is 47.7 Å². The third-order valence-electron chi connectivity index (χ3n) is 5.86. The second kappa shape index (κ2) is 7.40. The van der Waals surface area contributed by atoms with Gasteiger partial charge in [0, 0.05) is 31.8 Å². The zero-order chi connectivity index (χ0) is 19.8. The first-order chi connectivity index (χ1) is 13.4. The molecule has 2 aliphatic rings. The molecule has 1 aliphatic heterocycles. The molecule has 146 valence electrons. The molecule has 0 spiro atoms. The Hall–Kier alpha value is -2.66. The highest BCUT2D eigenvalue weighted by Crippen LogP contribution is 2.34. The number of fused-ring (bicyclic) bond motifs is 1. The van der Waals surface area contributed by atoms with Crippen molar-refractivity contribution in [1.29, 1.82) is 0 Å². The Morgan fingerprint density at radius 3 is 2.68 bits per heavy atom. The Kier molecular flexibility index (Phi) is 4.94. The van der Waals surface area contributed by atoms with Gasteiger partial charge in [-0.3, -0.25) is 14.6 Å². The number of aryl methyl sites for hydroxylation is 1. The summed E-state index contributed by atoms with van der Waals surface area (Å²) in [6.45, 7) is 5.09. The summed E-state index contributed by atoms with van der Waals surface area (Å²) in [5, 5.41) is 6.81. The van der Waals surface area contributed by atoms with Crippen LogP contribution in [-0.4, -0.2) is 35.4 Å². The molecule has 1 fully saturated rings. The van der Waals surface area contributed by atoms with Gasteiger partial charge in [0.1, 0.15) is 0 Å². The van der Waals surface area contributed by atoms with E-state index in [1.54, 1.807) is 0 Å². The van der Waals surface area contributed by atoms with Crippen molar-refractivity contribution in [3.8, 4) is 11.1 Å². The molecule has 1 N–H and O–H groups in total. The highest BCUT2D eigenvalue weighted by atomic mass is 16.2. The van der Waals surface area contributed by atoms with E-state index >= 15 is 0 Å². The van der Waals surface area contributed by atoms with E-state index in [1.165, 1.54) is 26.2 Å². The molecule has 2 aromatic rings. The van der Waals surface area contributed by atoms with Gasteiger partial charge in [-0.05, 0) is 66.1 Å². The van der Waals surface area contributed by atoms with E-state index in [-0.39, 0.29) is 11.8 Å². The Morgan fingerprint density at radius 1 is 1.21 bits per heavy atom. The van der Waals surface area contributed by atoms with Gasteiger partial charge in [0.25, 0.3) is 5.91 Å². The second-order valence-corrected chi connectivity index (χ2v) is 8.09. The van der Waals surface area contributed by atoms with Crippen LogP contribution in [0.25, 0.3) is 11.1 Å². The third kappa shape index (κ3) is 3.54. The van der Waals surface area contributed by atoms with Crippen molar-refractivity contribution < 1.29 is 9.59 Å². The zero-order valence-electron chi connectivity index (χ0n) is 16.8. The molecule has 5 heteroatoms. The first-order valence-corrected chi connectivity index (χ1v) is 9.97. The van der Waals surface area contributed by atoms with Crippen molar-refractivity contribution in [1.82, 2.24) is 10.0 Å². The Balaban J connectivity index is 1.60. The summed E-state index contributed by atoms with van der Waals surface area (Å²) in [6.07, 6.45) is 3.85. The number of nitrogens with one attached hydrogen (secondary N) is 1. The maximum absolute atomic E-state index is 13.0. The number of hydrazine groups is 1. The van der Waals surface area contributed by atoms with Gasteiger partial charge in [0.15, 0.2) is 0 Å². The lowest BCUT2D eigenvalue weighted by molar-refractivity contribution is -0.114. The Labute approximate surface area is 166 Å². The number of rotatable bonds is 5. The van der Waals surface area contributed by atoms with Gasteiger partial charge in [-0.25, -0.2) is 5.01 Å². The molecule has 0 aromatic heterocycles. The number of nitrogens with zero attached hydrogens (tertiary/aromatic N) is 2. The third-order valence-corrected chi connectivity index (χ3v) is 5.86. The Morgan fingerprint density at radius 2 is 2.00 bits per heavy atom. The van der Waals surface area contributed by atoms with E-state index in [0.29, 0.717) is 6.54 Å². The molecular formula is C23H27N3O2. The van der Waals surface area contributed by atoms with E-state index in [1.807, 2.05) is 43.2 Å². The normalized spacial score (nSPS) is 16.3. The summed E-state index contributed by atoms with van der Waals surface area (Å²) in [7, 11) is 2.02. The van der Waals surface area contributed by atoms with Crippen LogP contribution in [0.4, 0.5) is 5.69 Å². The number of carbonyl (C=O) groups excluding carboxylic acids is 2. The standard InChI is InChI=1S/C23H27N3O2/c1-15-10-19(18-8-5-9-21(12-18)24-16(2)27)11-20-14-26(23(28)22(15)20)25(3)13-17-6-4-7-17/h5,8-12,17H,4,6-7,13-14H2,1-3H3,(H,24,27). The summed E-state index contributed by atoms with van der Waals surface area (Å²) < 4.78 is 0. The second-order valence-electron chi connectivity index (χ2n) is 8.09. The van der Waals surface area contributed by atoms with Gasteiger partial charge >= 0.3 is 0 Å². The summed E-state index contributed by atoms with van der Waals surface area (Å²) in [5.41, 5.74) is 5.79. The monoisotopic (exact) mass is 377 g/mol. The fourth-order valence-corrected chi connectivity index (χ4v) is 4.22. The minimum Gasteiger partial charge on any atom is -0.326 e. The molecule has 0 atom stereocenters. The van der Waals surface area contributed by atoms with Gasteiger partial charge in [-0.15, -0.1) is 0 Å². The highest BCUT2D eigenvalue weighted by Gasteiger charge is 2.33. The predicted molar refractivity (Wildman–Crippen MR) is 111 cm³/mol. The fraction of sp³-hybridized carbons (Fsp3) is 0.391. The maximum Gasteiger partial charge on any atom is 0.269 e. The molecule has 1 heterocycles. The summed E-state index contributed by atoms with van der Waals surface area (Å²) >= 11 is 0. The van der Waals surface area contributed by atoms with Crippen LogP contribution in [0.15, 0.2) is 36.4 Å². The number of hydrogen-bond donors (Lipinski definition) is 1. The lowest BCUT2D eigenvalue weighted by atomic mass is 9.85. The average Bonchev–Trinajstić information content (AvgIpc) is 2.95. The van der Waals surface area contributed by atoms with Crippen LogP contribution < -0.4 is 5.32 Å².